The first-order chi connectivity index (χ1) is 14.7. The van der Waals surface area contributed by atoms with Crippen LogP contribution in [0.5, 0.6) is 5.75 Å². The SMILES string of the molecule is CC(C)=CC[C@]12C/C=C(\C)CCOc3cccc4c3C(=O)[C@](C(=O)C=C1C)(C2=O)[C@@H]4O. The highest BCUT2D eigenvalue weighted by molar-refractivity contribution is 6.37. The summed E-state index contributed by atoms with van der Waals surface area (Å²) in [6, 6.07) is 4.94. The van der Waals surface area contributed by atoms with E-state index in [1.165, 1.54) is 6.08 Å². The summed E-state index contributed by atoms with van der Waals surface area (Å²) in [7, 11) is 0. The molecule has 1 N–H and O–H groups in total. The lowest BCUT2D eigenvalue weighted by molar-refractivity contribution is -0.148. The van der Waals surface area contributed by atoms with Crippen LogP contribution in [-0.4, -0.2) is 29.1 Å². The predicted molar refractivity (Wildman–Crippen MR) is 117 cm³/mol. The second kappa shape index (κ2) is 7.41. The Bertz CT molecular complexity index is 1090. The van der Waals surface area contributed by atoms with Gasteiger partial charge in [0.2, 0.25) is 0 Å². The number of allylic oxidation sites excluding steroid dienone is 5. The molecule has 162 valence electrons. The Balaban J connectivity index is 2.03. The van der Waals surface area contributed by atoms with E-state index in [0.717, 1.165) is 11.1 Å². The number of ether oxygens (including phenoxy) is 1. The lowest BCUT2D eigenvalue weighted by atomic mass is 9.55. The summed E-state index contributed by atoms with van der Waals surface area (Å²) in [6.45, 7) is 8.05. The zero-order valence-corrected chi connectivity index (χ0v) is 18.5. The molecule has 1 spiro atoms. The molecule has 0 amide bonds. The van der Waals surface area contributed by atoms with Crippen LogP contribution in [0.25, 0.3) is 0 Å². The minimum atomic E-state index is -2.16. The van der Waals surface area contributed by atoms with Gasteiger partial charge in [-0.1, -0.05) is 41.0 Å². The number of hydrogen-bond acceptors (Lipinski definition) is 5. The van der Waals surface area contributed by atoms with Gasteiger partial charge in [-0.05, 0) is 58.2 Å². The molecule has 2 aliphatic carbocycles. The smallest absolute Gasteiger partial charge is 0.191 e. The van der Waals surface area contributed by atoms with Crippen molar-refractivity contribution in [3.05, 3.63) is 64.3 Å². The van der Waals surface area contributed by atoms with Crippen molar-refractivity contribution in [2.45, 2.75) is 53.1 Å². The minimum absolute atomic E-state index is 0.156. The summed E-state index contributed by atoms with van der Waals surface area (Å²) >= 11 is 0. The normalized spacial score (nSPS) is 31.6. The van der Waals surface area contributed by atoms with E-state index in [9.17, 15) is 19.5 Å². The molecule has 0 fully saturated rings. The number of benzene rings is 1. The summed E-state index contributed by atoms with van der Waals surface area (Å²) in [6.07, 6.45) is 5.24. The molecular weight excluding hydrogens is 392 g/mol. The molecule has 0 aromatic heterocycles. The van der Waals surface area contributed by atoms with E-state index in [2.05, 4.69) is 0 Å². The average molecular weight is 421 g/mol. The molecule has 0 saturated heterocycles. The van der Waals surface area contributed by atoms with Gasteiger partial charge in [-0.25, -0.2) is 0 Å². The molecule has 31 heavy (non-hydrogen) atoms. The van der Waals surface area contributed by atoms with Crippen LogP contribution >= 0.6 is 0 Å². The molecule has 1 heterocycles. The molecule has 1 aliphatic heterocycles. The summed E-state index contributed by atoms with van der Waals surface area (Å²) < 4.78 is 5.87. The van der Waals surface area contributed by atoms with Gasteiger partial charge in [0, 0.05) is 6.42 Å². The zero-order chi connectivity index (χ0) is 22.6. The van der Waals surface area contributed by atoms with E-state index >= 15 is 0 Å². The van der Waals surface area contributed by atoms with Gasteiger partial charge in [-0.2, -0.15) is 0 Å². The summed E-state index contributed by atoms with van der Waals surface area (Å²) in [5.74, 6) is -1.48. The van der Waals surface area contributed by atoms with E-state index in [1.807, 2.05) is 32.9 Å². The Morgan fingerprint density at radius 2 is 1.97 bits per heavy atom. The zero-order valence-electron chi connectivity index (χ0n) is 18.5. The topological polar surface area (TPSA) is 80.7 Å². The maximum atomic E-state index is 14.3. The third-order valence-electron chi connectivity index (χ3n) is 7.04. The molecule has 0 unspecified atom stereocenters. The Morgan fingerprint density at radius 3 is 2.68 bits per heavy atom. The van der Waals surface area contributed by atoms with Gasteiger partial charge in [0.1, 0.15) is 11.9 Å². The van der Waals surface area contributed by atoms with Gasteiger partial charge < -0.3 is 9.84 Å². The van der Waals surface area contributed by atoms with Crippen LogP contribution < -0.4 is 4.74 Å². The van der Waals surface area contributed by atoms with Gasteiger partial charge in [-0.15, -0.1) is 0 Å². The number of ketones is 3. The van der Waals surface area contributed by atoms with Crippen LogP contribution in [0.1, 0.15) is 69.0 Å². The maximum Gasteiger partial charge on any atom is 0.191 e. The van der Waals surface area contributed by atoms with Gasteiger partial charge in [0.15, 0.2) is 22.8 Å². The number of aliphatic hydroxyl groups is 1. The van der Waals surface area contributed by atoms with Gasteiger partial charge >= 0.3 is 0 Å². The maximum absolute atomic E-state index is 14.3. The number of Topliss-reactive ketones (excluding diaryl/α,β-unsaturated/α-hetero) is 2. The van der Waals surface area contributed by atoms with Crippen LogP contribution in [0.15, 0.2) is 53.1 Å². The highest BCUT2D eigenvalue weighted by Gasteiger charge is 2.68. The van der Waals surface area contributed by atoms with Crippen LogP contribution in [0, 0.1) is 10.8 Å². The fourth-order valence-electron chi connectivity index (χ4n) is 5.03. The van der Waals surface area contributed by atoms with E-state index in [1.54, 1.807) is 25.1 Å². The van der Waals surface area contributed by atoms with E-state index in [0.29, 0.717) is 37.2 Å². The van der Waals surface area contributed by atoms with Crippen molar-refractivity contribution in [1.29, 1.82) is 0 Å². The fourth-order valence-corrected chi connectivity index (χ4v) is 5.03. The third kappa shape index (κ3) is 2.90. The summed E-state index contributed by atoms with van der Waals surface area (Å²) in [4.78, 5) is 41.4. The second-order valence-corrected chi connectivity index (χ2v) is 9.20. The fraction of sp³-hybridized carbons (Fsp3) is 0.423. The average Bonchev–Trinajstić information content (AvgIpc) is 2.94. The van der Waals surface area contributed by atoms with Gasteiger partial charge in [0.25, 0.3) is 0 Å². The van der Waals surface area contributed by atoms with Crippen molar-refractivity contribution in [3.63, 3.8) is 0 Å². The van der Waals surface area contributed by atoms with Crippen molar-refractivity contribution in [3.8, 4) is 5.75 Å². The second-order valence-electron chi connectivity index (χ2n) is 9.20. The van der Waals surface area contributed by atoms with Crippen LogP contribution in [0.4, 0.5) is 0 Å². The lowest BCUT2D eigenvalue weighted by Crippen LogP contribution is -2.56. The van der Waals surface area contributed by atoms with Crippen LogP contribution in [0.2, 0.25) is 0 Å². The lowest BCUT2D eigenvalue weighted by Gasteiger charge is -2.43. The quantitative estimate of drug-likeness (QED) is 0.564. The molecule has 1 aromatic carbocycles. The molecular formula is C26H28O5. The highest BCUT2D eigenvalue weighted by Crippen LogP contribution is 2.57. The Labute approximate surface area is 182 Å². The highest BCUT2D eigenvalue weighted by atomic mass is 16.5. The largest absolute Gasteiger partial charge is 0.492 e. The van der Waals surface area contributed by atoms with Crippen molar-refractivity contribution in [2.75, 3.05) is 6.61 Å². The standard InChI is InChI=1S/C26H28O5/c1-15(2)8-11-25-12-9-16(3)10-13-31-19-7-5-6-18-21(19)23(29)26(22(18)28,24(25)30)20(27)14-17(25)4/h5-9,14,22,28H,10-13H2,1-4H3/b16-9+/t22-,25+,26-/m1/s1. The van der Waals surface area contributed by atoms with Crippen molar-refractivity contribution >= 4 is 17.3 Å². The number of aliphatic hydroxyl groups excluding tert-OH is 1. The molecule has 5 heteroatoms. The summed E-state index contributed by atoms with van der Waals surface area (Å²) in [5.41, 5.74) is -0.0169. The molecule has 1 aromatic rings. The monoisotopic (exact) mass is 420 g/mol. The predicted octanol–water partition coefficient (Wildman–Crippen LogP) is 4.46. The number of fused-ring (bicyclic) bond motifs is 1. The van der Waals surface area contributed by atoms with Gasteiger partial charge in [0.05, 0.1) is 17.6 Å². The minimum Gasteiger partial charge on any atom is -0.492 e. The molecule has 0 radical (unpaired) electrons. The molecule has 3 atom stereocenters. The summed E-state index contributed by atoms with van der Waals surface area (Å²) in [5, 5.41) is 11.3. The van der Waals surface area contributed by atoms with Crippen LogP contribution in [-0.2, 0) is 9.59 Å². The molecule has 4 rings (SSSR count). The molecule has 5 nitrogen and oxygen atoms in total. The number of carbonyl (C=O) groups is 3. The first-order valence-electron chi connectivity index (χ1n) is 10.7. The first-order valence-corrected chi connectivity index (χ1v) is 10.7. The van der Waals surface area contributed by atoms with E-state index < -0.39 is 34.3 Å². The third-order valence-corrected chi connectivity index (χ3v) is 7.04. The first kappa shape index (κ1) is 21.4. The van der Waals surface area contributed by atoms with Crippen molar-refractivity contribution in [2.24, 2.45) is 10.8 Å². The van der Waals surface area contributed by atoms with Crippen molar-refractivity contribution < 1.29 is 24.2 Å². The Kier molecular flexibility index (Phi) is 5.13. The number of carbonyl (C=O) groups excluding carboxylic acids is 3. The van der Waals surface area contributed by atoms with Crippen LogP contribution in [0.3, 0.4) is 0 Å². The molecule has 3 aliphatic rings. The van der Waals surface area contributed by atoms with E-state index in [-0.39, 0.29) is 11.1 Å². The number of hydrogen-bond donors (Lipinski definition) is 1. The molecule has 0 saturated carbocycles. The molecule has 3 bridgehead atoms. The number of rotatable bonds is 2. The Morgan fingerprint density at radius 1 is 1.23 bits per heavy atom. The van der Waals surface area contributed by atoms with Crippen molar-refractivity contribution in [1.82, 2.24) is 0 Å². The Hall–Kier alpha value is -2.79. The van der Waals surface area contributed by atoms with E-state index in [4.69, 9.17) is 4.74 Å². The van der Waals surface area contributed by atoms with Gasteiger partial charge in [-0.3, -0.25) is 14.4 Å².